The first-order valence-electron chi connectivity index (χ1n) is 8.70. The summed E-state index contributed by atoms with van der Waals surface area (Å²) in [5, 5.41) is 6.56. The van der Waals surface area contributed by atoms with Crippen LogP contribution in [0.15, 0.2) is 35.7 Å². The maximum Gasteiger partial charge on any atom is 0.293 e. The van der Waals surface area contributed by atoms with Crippen molar-refractivity contribution in [1.82, 2.24) is 19.7 Å². The first-order valence-corrected chi connectivity index (χ1v) is 9.57. The molecule has 5 nitrogen and oxygen atoms in total. The fraction of sp³-hybridized carbons (Fsp3) is 0.350. The highest BCUT2D eigenvalue weighted by molar-refractivity contribution is 7.10. The van der Waals surface area contributed by atoms with Crippen LogP contribution in [-0.2, 0) is 6.54 Å². The Hall–Kier alpha value is -2.47. The molecule has 0 bridgehead atoms. The second kappa shape index (κ2) is 7.41. The smallest absolute Gasteiger partial charge is 0.293 e. The molecule has 1 aromatic carbocycles. The normalized spacial score (nSPS) is 11.2. The molecule has 0 atom stereocenters. The van der Waals surface area contributed by atoms with E-state index < -0.39 is 0 Å². The molecule has 0 saturated heterocycles. The molecule has 136 valence electrons. The molecule has 3 aromatic rings. The van der Waals surface area contributed by atoms with Crippen molar-refractivity contribution in [2.45, 2.75) is 40.2 Å². The van der Waals surface area contributed by atoms with Gasteiger partial charge >= 0.3 is 0 Å². The topological polar surface area (TPSA) is 51.0 Å². The molecule has 3 rings (SSSR count). The third-order valence-electron chi connectivity index (χ3n) is 4.44. The minimum atomic E-state index is -0.165. The molecule has 6 heteroatoms. The van der Waals surface area contributed by atoms with E-state index in [0.29, 0.717) is 18.3 Å². The van der Waals surface area contributed by atoms with Gasteiger partial charge in [-0.05, 0) is 48.4 Å². The molecule has 0 unspecified atom stereocenters. The van der Waals surface area contributed by atoms with E-state index in [1.54, 1.807) is 28.0 Å². The average Bonchev–Trinajstić information content (AvgIpc) is 3.20. The molecule has 0 fully saturated rings. The van der Waals surface area contributed by atoms with Crippen molar-refractivity contribution in [1.29, 1.82) is 0 Å². The lowest BCUT2D eigenvalue weighted by atomic mass is 10.0. The minimum absolute atomic E-state index is 0.165. The van der Waals surface area contributed by atoms with Gasteiger partial charge in [0.25, 0.3) is 5.91 Å². The molecule has 2 aromatic heterocycles. The molecule has 0 saturated carbocycles. The molecule has 0 aliphatic rings. The maximum absolute atomic E-state index is 12.8. The van der Waals surface area contributed by atoms with Gasteiger partial charge in [0.05, 0.1) is 12.2 Å². The highest BCUT2D eigenvalue weighted by Gasteiger charge is 2.21. The fourth-order valence-electron chi connectivity index (χ4n) is 2.90. The van der Waals surface area contributed by atoms with E-state index in [0.717, 1.165) is 5.69 Å². The van der Waals surface area contributed by atoms with Crippen LogP contribution in [-0.4, -0.2) is 32.6 Å². The standard InChI is InChI=1S/C20H24N4OS/c1-13(2)16-8-6-7-9-17(16)24-15(4)21-19(22-24)20(25)23(5)12-18-14(3)10-11-26-18/h6-11,13H,12H2,1-5H3. The zero-order chi connectivity index (χ0) is 18.8. The van der Waals surface area contributed by atoms with E-state index >= 15 is 0 Å². The second-order valence-electron chi connectivity index (χ2n) is 6.80. The van der Waals surface area contributed by atoms with Crippen LogP contribution in [0.25, 0.3) is 5.69 Å². The van der Waals surface area contributed by atoms with Crippen LogP contribution in [0.5, 0.6) is 0 Å². The van der Waals surface area contributed by atoms with Gasteiger partial charge in [-0.2, -0.15) is 0 Å². The molecule has 26 heavy (non-hydrogen) atoms. The first-order chi connectivity index (χ1) is 12.4. The summed E-state index contributed by atoms with van der Waals surface area (Å²) in [6, 6.07) is 10.2. The molecule has 2 heterocycles. The summed E-state index contributed by atoms with van der Waals surface area (Å²) >= 11 is 1.66. The van der Waals surface area contributed by atoms with E-state index in [1.807, 2.05) is 30.5 Å². The molecule has 0 N–H and O–H groups in total. The number of rotatable bonds is 5. The van der Waals surface area contributed by atoms with Crippen molar-refractivity contribution in [3.8, 4) is 5.69 Å². The monoisotopic (exact) mass is 368 g/mol. The van der Waals surface area contributed by atoms with Gasteiger partial charge in [0.1, 0.15) is 5.82 Å². The minimum Gasteiger partial charge on any atom is -0.334 e. The predicted molar refractivity (Wildman–Crippen MR) is 105 cm³/mol. The van der Waals surface area contributed by atoms with E-state index in [9.17, 15) is 4.79 Å². The number of amides is 1. The van der Waals surface area contributed by atoms with E-state index in [-0.39, 0.29) is 11.7 Å². The summed E-state index contributed by atoms with van der Waals surface area (Å²) in [6.07, 6.45) is 0. The van der Waals surface area contributed by atoms with Gasteiger partial charge < -0.3 is 4.90 Å². The Kier molecular flexibility index (Phi) is 5.23. The molecule has 0 aliphatic heterocycles. The summed E-state index contributed by atoms with van der Waals surface area (Å²) in [5.74, 6) is 1.14. The molecule has 1 amide bonds. The van der Waals surface area contributed by atoms with Crippen LogP contribution in [0, 0.1) is 13.8 Å². The Morgan fingerprint density at radius 2 is 1.96 bits per heavy atom. The Balaban J connectivity index is 1.88. The van der Waals surface area contributed by atoms with Crippen LogP contribution < -0.4 is 0 Å². The Morgan fingerprint density at radius 3 is 2.62 bits per heavy atom. The Morgan fingerprint density at radius 1 is 1.23 bits per heavy atom. The van der Waals surface area contributed by atoms with Crippen LogP contribution in [0.4, 0.5) is 0 Å². The van der Waals surface area contributed by atoms with Gasteiger partial charge in [-0.15, -0.1) is 16.4 Å². The number of aromatic nitrogens is 3. The van der Waals surface area contributed by atoms with Gasteiger partial charge in [0.15, 0.2) is 0 Å². The van der Waals surface area contributed by atoms with Crippen molar-refractivity contribution < 1.29 is 4.79 Å². The number of nitrogens with zero attached hydrogens (tertiary/aromatic N) is 4. The van der Waals surface area contributed by atoms with Crippen LogP contribution in [0.1, 0.15) is 52.2 Å². The van der Waals surface area contributed by atoms with Gasteiger partial charge in [0.2, 0.25) is 5.82 Å². The average molecular weight is 369 g/mol. The van der Waals surface area contributed by atoms with E-state index in [1.165, 1.54) is 16.0 Å². The summed E-state index contributed by atoms with van der Waals surface area (Å²) in [7, 11) is 1.79. The third kappa shape index (κ3) is 3.55. The van der Waals surface area contributed by atoms with Crippen molar-refractivity contribution in [2.75, 3.05) is 7.05 Å². The van der Waals surface area contributed by atoms with Crippen LogP contribution in [0.2, 0.25) is 0 Å². The first kappa shape index (κ1) is 18.3. The van der Waals surface area contributed by atoms with Gasteiger partial charge in [-0.3, -0.25) is 4.79 Å². The zero-order valence-corrected chi connectivity index (χ0v) is 16.7. The zero-order valence-electron chi connectivity index (χ0n) is 15.9. The van der Waals surface area contributed by atoms with E-state index in [2.05, 4.69) is 43.0 Å². The lowest BCUT2D eigenvalue weighted by Gasteiger charge is -2.15. The van der Waals surface area contributed by atoms with Crippen molar-refractivity contribution in [3.05, 3.63) is 63.4 Å². The lowest BCUT2D eigenvalue weighted by Crippen LogP contribution is -2.27. The largest absolute Gasteiger partial charge is 0.334 e. The molecule has 0 spiro atoms. The number of hydrogen-bond donors (Lipinski definition) is 0. The van der Waals surface area contributed by atoms with Crippen LogP contribution in [0.3, 0.4) is 0 Å². The summed E-state index contributed by atoms with van der Waals surface area (Å²) in [4.78, 5) is 20.1. The van der Waals surface area contributed by atoms with Crippen molar-refractivity contribution in [3.63, 3.8) is 0 Å². The number of benzene rings is 1. The summed E-state index contributed by atoms with van der Waals surface area (Å²) < 4.78 is 1.77. The second-order valence-corrected chi connectivity index (χ2v) is 7.80. The fourth-order valence-corrected chi connectivity index (χ4v) is 3.86. The molecule has 0 radical (unpaired) electrons. The van der Waals surface area contributed by atoms with Gasteiger partial charge in [0, 0.05) is 11.9 Å². The number of para-hydroxylation sites is 1. The number of carbonyl (C=O) groups is 1. The lowest BCUT2D eigenvalue weighted by molar-refractivity contribution is 0.0774. The number of aryl methyl sites for hydroxylation is 2. The number of carbonyl (C=O) groups excluding carboxylic acids is 1. The van der Waals surface area contributed by atoms with Gasteiger partial charge in [-0.25, -0.2) is 9.67 Å². The maximum atomic E-state index is 12.8. The number of thiophene rings is 1. The summed E-state index contributed by atoms with van der Waals surface area (Å²) in [5.41, 5.74) is 3.36. The van der Waals surface area contributed by atoms with Crippen LogP contribution >= 0.6 is 11.3 Å². The van der Waals surface area contributed by atoms with Crippen molar-refractivity contribution >= 4 is 17.2 Å². The quantitative estimate of drug-likeness (QED) is 0.673. The predicted octanol–water partition coefficient (Wildman–Crippen LogP) is 4.34. The molecular weight excluding hydrogens is 344 g/mol. The summed E-state index contributed by atoms with van der Waals surface area (Å²) in [6.45, 7) is 8.80. The molecule has 0 aliphatic carbocycles. The Bertz CT molecular complexity index is 926. The van der Waals surface area contributed by atoms with E-state index in [4.69, 9.17) is 0 Å². The highest BCUT2D eigenvalue weighted by Crippen LogP contribution is 2.23. The highest BCUT2D eigenvalue weighted by atomic mass is 32.1. The Labute approximate surface area is 158 Å². The number of hydrogen-bond acceptors (Lipinski definition) is 4. The SMILES string of the molecule is Cc1ccsc1CN(C)C(=O)c1nc(C)n(-c2ccccc2C(C)C)n1. The van der Waals surface area contributed by atoms with Crippen molar-refractivity contribution in [2.24, 2.45) is 0 Å². The van der Waals surface area contributed by atoms with Gasteiger partial charge in [-0.1, -0.05) is 32.0 Å². The molecular formula is C20H24N4OS. The third-order valence-corrected chi connectivity index (χ3v) is 5.45.